The molecule has 0 N–H and O–H groups in total. The zero-order valence-electron chi connectivity index (χ0n) is 12.7. The Morgan fingerprint density at radius 2 is 1.83 bits per heavy atom. The van der Waals surface area contributed by atoms with E-state index >= 15 is 0 Å². The predicted octanol–water partition coefficient (Wildman–Crippen LogP) is 3.74. The molecule has 24 heavy (non-hydrogen) atoms. The molecule has 1 heterocycles. The van der Waals surface area contributed by atoms with Gasteiger partial charge in [0.05, 0.1) is 0 Å². The lowest BCUT2D eigenvalue weighted by Crippen LogP contribution is -2.05. The Kier molecular flexibility index (Phi) is 4.52. The molecule has 0 amide bonds. The van der Waals surface area contributed by atoms with Gasteiger partial charge in [-0.05, 0) is 48.0 Å². The fraction of sp³-hybridized carbons (Fsp3) is 0.0526. The molecule has 0 saturated heterocycles. The van der Waals surface area contributed by atoms with Crippen LogP contribution in [-0.4, -0.2) is 18.5 Å². The number of hydrogen-bond acceptors (Lipinski definition) is 4. The first-order chi connectivity index (χ1) is 11.7. The Hall–Kier alpha value is -3.21. The Morgan fingerprint density at radius 1 is 1.12 bits per heavy atom. The van der Waals surface area contributed by atoms with E-state index in [0.717, 1.165) is 5.56 Å². The summed E-state index contributed by atoms with van der Waals surface area (Å²) in [6, 6.07) is 12.8. The summed E-state index contributed by atoms with van der Waals surface area (Å²) in [4.78, 5) is 16.1. The average Bonchev–Trinajstić information content (AvgIpc) is 2.95. The highest BCUT2D eigenvalue weighted by atomic mass is 19.1. The van der Waals surface area contributed by atoms with Crippen LogP contribution in [0.4, 0.5) is 4.39 Å². The lowest BCUT2D eigenvalue weighted by Gasteiger charge is -2.02. The van der Waals surface area contributed by atoms with E-state index in [0.29, 0.717) is 17.9 Å². The van der Waals surface area contributed by atoms with Gasteiger partial charge in [-0.15, -0.1) is 0 Å². The molecule has 0 bridgehead atoms. The van der Waals surface area contributed by atoms with Crippen molar-refractivity contribution in [2.45, 2.75) is 0 Å². The molecule has 0 aliphatic carbocycles. The average molecular weight is 323 g/mol. The largest absolute Gasteiger partial charge is 0.490 e. The minimum absolute atomic E-state index is 0.164. The van der Waals surface area contributed by atoms with Gasteiger partial charge in [0.2, 0.25) is 5.90 Å². The number of carbonyl (C=O) groups is 1. The maximum atomic E-state index is 13.0. The van der Waals surface area contributed by atoms with Crippen molar-refractivity contribution in [3.63, 3.8) is 0 Å². The van der Waals surface area contributed by atoms with Crippen LogP contribution in [0.1, 0.15) is 11.1 Å². The monoisotopic (exact) mass is 323 g/mol. The Labute approximate surface area is 138 Å². The van der Waals surface area contributed by atoms with E-state index in [4.69, 9.17) is 9.47 Å². The molecule has 0 spiro atoms. The van der Waals surface area contributed by atoms with Crippen molar-refractivity contribution >= 4 is 17.9 Å². The molecule has 1 aliphatic rings. The predicted molar refractivity (Wildman–Crippen MR) is 89.1 cm³/mol. The summed E-state index contributed by atoms with van der Waals surface area (Å²) < 4.78 is 23.5. The quantitative estimate of drug-likeness (QED) is 0.478. The van der Waals surface area contributed by atoms with E-state index in [1.54, 1.807) is 24.3 Å². The topological polar surface area (TPSA) is 47.9 Å². The third-order valence-electron chi connectivity index (χ3n) is 3.26. The second kappa shape index (κ2) is 6.91. The van der Waals surface area contributed by atoms with Gasteiger partial charge in [0, 0.05) is 5.56 Å². The Bertz CT molecular complexity index is 821. The summed E-state index contributed by atoms with van der Waals surface area (Å²) in [7, 11) is 0. The van der Waals surface area contributed by atoms with E-state index in [2.05, 4.69) is 11.6 Å². The van der Waals surface area contributed by atoms with E-state index in [-0.39, 0.29) is 17.4 Å². The number of benzene rings is 2. The molecule has 2 aromatic carbocycles. The van der Waals surface area contributed by atoms with Gasteiger partial charge in [0.1, 0.15) is 18.2 Å². The number of halogens is 1. The SMILES string of the molecule is C=CCOc1ccc(/C=C2/N=C(c3ccc(F)cc3)OC2=O)cc1. The van der Waals surface area contributed by atoms with Gasteiger partial charge in [0.15, 0.2) is 5.70 Å². The lowest BCUT2D eigenvalue weighted by atomic mass is 10.2. The van der Waals surface area contributed by atoms with Crippen LogP contribution in [0.5, 0.6) is 5.75 Å². The summed E-state index contributed by atoms with van der Waals surface area (Å²) >= 11 is 0. The summed E-state index contributed by atoms with van der Waals surface area (Å²) in [5.41, 5.74) is 1.52. The smallest absolute Gasteiger partial charge is 0.363 e. The minimum Gasteiger partial charge on any atom is -0.490 e. The molecule has 4 nitrogen and oxygen atoms in total. The fourth-order valence-corrected chi connectivity index (χ4v) is 2.10. The molecule has 0 unspecified atom stereocenters. The number of rotatable bonds is 5. The van der Waals surface area contributed by atoms with Crippen molar-refractivity contribution in [1.82, 2.24) is 0 Å². The summed E-state index contributed by atoms with van der Waals surface area (Å²) in [6.07, 6.45) is 3.28. The van der Waals surface area contributed by atoms with Crippen molar-refractivity contribution in [3.05, 3.63) is 83.8 Å². The van der Waals surface area contributed by atoms with Crippen LogP contribution < -0.4 is 4.74 Å². The first kappa shape index (κ1) is 15.7. The van der Waals surface area contributed by atoms with Crippen molar-refractivity contribution in [3.8, 4) is 5.75 Å². The molecule has 120 valence electrons. The highest BCUT2D eigenvalue weighted by Crippen LogP contribution is 2.20. The number of nitrogens with zero attached hydrogens (tertiary/aromatic N) is 1. The Morgan fingerprint density at radius 3 is 2.50 bits per heavy atom. The molecule has 0 aromatic heterocycles. The molecule has 0 fully saturated rings. The van der Waals surface area contributed by atoms with Crippen LogP contribution in [0, 0.1) is 5.82 Å². The number of hydrogen-bond donors (Lipinski definition) is 0. The summed E-state index contributed by atoms with van der Waals surface area (Å²) in [5, 5.41) is 0. The van der Waals surface area contributed by atoms with E-state index in [1.807, 2.05) is 12.1 Å². The van der Waals surface area contributed by atoms with Crippen LogP contribution in [0.3, 0.4) is 0 Å². The van der Waals surface area contributed by atoms with Crippen LogP contribution >= 0.6 is 0 Å². The first-order valence-corrected chi connectivity index (χ1v) is 7.28. The maximum absolute atomic E-state index is 13.0. The van der Waals surface area contributed by atoms with Crippen molar-refractivity contribution in [2.75, 3.05) is 6.61 Å². The lowest BCUT2D eigenvalue weighted by molar-refractivity contribution is -0.129. The minimum atomic E-state index is -0.540. The van der Waals surface area contributed by atoms with Gasteiger partial charge in [0.25, 0.3) is 0 Å². The third-order valence-corrected chi connectivity index (χ3v) is 3.26. The van der Waals surface area contributed by atoms with E-state index in [9.17, 15) is 9.18 Å². The number of aliphatic imine (C=N–C) groups is 1. The molecule has 1 aliphatic heterocycles. The maximum Gasteiger partial charge on any atom is 0.363 e. The normalized spacial score (nSPS) is 15.1. The highest BCUT2D eigenvalue weighted by molar-refractivity contribution is 6.12. The first-order valence-electron chi connectivity index (χ1n) is 7.28. The van der Waals surface area contributed by atoms with Crippen LogP contribution in [0.2, 0.25) is 0 Å². The van der Waals surface area contributed by atoms with Gasteiger partial charge in [-0.3, -0.25) is 0 Å². The number of carbonyl (C=O) groups excluding carboxylic acids is 1. The molecule has 3 rings (SSSR count). The van der Waals surface area contributed by atoms with E-state index < -0.39 is 5.97 Å². The zero-order valence-corrected chi connectivity index (χ0v) is 12.7. The summed E-state index contributed by atoms with van der Waals surface area (Å²) in [6.45, 7) is 4.01. The zero-order chi connectivity index (χ0) is 16.9. The van der Waals surface area contributed by atoms with Crippen LogP contribution in [0.25, 0.3) is 6.08 Å². The molecular formula is C19H14FNO3. The molecular weight excluding hydrogens is 309 g/mol. The van der Waals surface area contributed by atoms with Crippen molar-refractivity contribution in [1.29, 1.82) is 0 Å². The van der Waals surface area contributed by atoms with Gasteiger partial charge in [-0.25, -0.2) is 14.2 Å². The molecule has 0 radical (unpaired) electrons. The van der Waals surface area contributed by atoms with Crippen molar-refractivity contribution < 1.29 is 18.7 Å². The second-order valence-electron chi connectivity index (χ2n) is 5.01. The second-order valence-corrected chi connectivity index (χ2v) is 5.01. The molecule has 0 atom stereocenters. The van der Waals surface area contributed by atoms with E-state index in [1.165, 1.54) is 24.3 Å². The van der Waals surface area contributed by atoms with Crippen LogP contribution in [0.15, 0.2) is 71.9 Å². The Balaban J connectivity index is 1.80. The third kappa shape index (κ3) is 3.57. The number of esters is 1. The number of cyclic esters (lactones) is 1. The highest BCUT2D eigenvalue weighted by Gasteiger charge is 2.24. The molecule has 0 saturated carbocycles. The molecule has 2 aromatic rings. The number of ether oxygens (including phenoxy) is 2. The standard InChI is InChI=1S/C19H14FNO3/c1-2-11-23-16-9-3-13(4-10-16)12-17-19(22)24-18(21-17)14-5-7-15(20)8-6-14/h2-10,12H,1,11H2/b17-12+. The van der Waals surface area contributed by atoms with Gasteiger partial charge < -0.3 is 9.47 Å². The van der Waals surface area contributed by atoms with Gasteiger partial charge in [-0.1, -0.05) is 24.8 Å². The summed E-state index contributed by atoms with van der Waals surface area (Å²) in [5.74, 6) is -0.0294. The van der Waals surface area contributed by atoms with Gasteiger partial charge >= 0.3 is 5.97 Å². The molecule has 5 heteroatoms. The van der Waals surface area contributed by atoms with Gasteiger partial charge in [-0.2, -0.15) is 0 Å². The van der Waals surface area contributed by atoms with Crippen molar-refractivity contribution in [2.24, 2.45) is 4.99 Å². The van der Waals surface area contributed by atoms with Crippen LogP contribution in [-0.2, 0) is 9.53 Å². The fourth-order valence-electron chi connectivity index (χ4n) is 2.10.